The van der Waals surface area contributed by atoms with Crippen molar-refractivity contribution in [3.05, 3.63) is 51.5 Å². The van der Waals surface area contributed by atoms with Crippen LogP contribution in [0.5, 0.6) is 0 Å². The van der Waals surface area contributed by atoms with Crippen LogP contribution in [0.2, 0.25) is 0 Å². The molecule has 2 rings (SSSR count). The standard InChI is InChI=1S/C15H16N2O4S/c1-10-13(14(18)19)17-12(22-10)7-8-16-15(20)21-9-11-5-3-2-4-6-11/h2-6H,7-9H2,1H3,(H,16,20)(H,18,19). The van der Waals surface area contributed by atoms with Gasteiger partial charge in [0.25, 0.3) is 0 Å². The Bertz CT molecular complexity index is 655. The third kappa shape index (κ3) is 4.56. The van der Waals surface area contributed by atoms with E-state index >= 15 is 0 Å². The highest BCUT2D eigenvalue weighted by Crippen LogP contribution is 2.17. The SMILES string of the molecule is Cc1sc(CCNC(=O)OCc2ccccc2)nc1C(=O)O. The van der Waals surface area contributed by atoms with E-state index in [9.17, 15) is 9.59 Å². The van der Waals surface area contributed by atoms with E-state index in [4.69, 9.17) is 9.84 Å². The van der Waals surface area contributed by atoms with Gasteiger partial charge in [-0.3, -0.25) is 0 Å². The van der Waals surface area contributed by atoms with E-state index in [0.717, 1.165) is 5.56 Å². The van der Waals surface area contributed by atoms with Crippen molar-refractivity contribution in [2.75, 3.05) is 6.54 Å². The van der Waals surface area contributed by atoms with Gasteiger partial charge in [0.1, 0.15) is 6.61 Å². The Hall–Kier alpha value is -2.41. The lowest BCUT2D eigenvalue weighted by molar-refractivity contribution is 0.0690. The first kappa shape index (κ1) is 16.0. The molecule has 0 saturated carbocycles. The summed E-state index contributed by atoms with van der Waals surface area (Å²) in [7, 11) is 0. The van der Waals surface area contributed by atoms with Crippen molar-refractivity contribution in [1.29, 1.82) is 0 Å². The van der Waals surface area contributed by atoms with Crippen LogP contribution in [0.25, 0.3) is 0 Å². The number of carboxylic acids is 1. The normalized spacial score (nSPS) is 10.2. The summed E-state index contributed by atoms with van der Waals surface area (Å²) in [6.07, 6.45) is -0.0326. The minimum Gasteiger partial charge on any atom is -0.476 e. The number of nitrogens with one attached hydrogen (secondary N) is 1. The Labute approximate surface area is 131 Å². The second kappa shape index (κ2) is 7.56. The number of rotatable bonds is 6. The lowest BCUT2D eigenvalue weighted by atomic mass is 10.2. The Morgan fingerprint density at radius 1 is 1.32 bits per heavy atom. The van der Waals surface area contributed by atoms with Gasteiger partial charge in [-0.2, -0.15) is 0 Å². The lowest BCUT2D eigenvalue weighted by Gasteiger charge is -2.06. The number of hydrogen-bond donors (Lipinski definition) is 2. The smallest absolute Gasteiger partial charge is 0.407 e. The largest absolute Gasteiger partial charge is 0.476 e. The number of benzene rings is 1. The van der Waals surface area contributed by atoms with Crippen molar-refractivity contribution in [2.45, 2.75) is 20.0 Å². The first-order valence-electron chi connectivity index (χ1n) is 6.70. The summed E-state index contributed by atoms with van der Waals surface area (Å²) in [5, 5.41) is 12.2. The molecule has 0 aliphatic carbocycles. The maximum absolute atomic E-state index is 11.5. The molecular formula is C15H16N2O4S. The Morgan fingerprint density at radius 2 is 2.05 bits per heavy atom. The topological polar surface area (TPSA) is 88.5 Å². The number of nitrogens with zero attached hydrogens (tertiary/aromatic N) is 1. The highest BCUT2D eigenvalue weighted by atomic mass is 32.1. The number of alkyl carbamates (subject to hydrolysis) is 1. The molecule has 0 spiro atoms. The first-order chi connectivity index (χ1) is 10.6. The molecule has 1 heterocycles. The van der Waals surface area contributed by atoms with Crippen molar-refractivity contribution in [2.24, 2.45) is 0 Å². The van der Waals surface area contributed by atoms with Gasteiger partial charge in [0, 0.05) is 17.8 Å². The molecule has 0 fully saturated rings. The van der Waals surface area contributed by atoms with Gasteiger partial charge >= 0.3 is 12.1 Å². The highest BCUT2D eigenvalue weighted by molar-refractivity contribution is 7.11. The van der Waals surface area contributed by atoms with Gasteiger partial charge in [0.15, 0.2) is 5.69 Å². The molecule has 2 N–H and O–H groups in total. The molecule has 2 aromatic rings. The number of carbonyl (C=O) groups excluding carboxylic acids is 1. The maximum atomic E-state index is 11.5. The predicted octanol–water partition coefficient (Wildman–Crippen LogP) is 2.62. The molecule has 0 aliphatic heterocycles. The van der Waals surface area contributed by atoms with Crippen LogP contribution in [0.3, 0.4) is 0 Å². The number of ether oxygens (including phenoxy) is 1. The fraction of sp³-hybridized carbons (Fsp3) is 0.267. The summed E-state index contributed by atoms with van der Waals surface area (Å²) in [5.74, 6) is -1.03. The molecule has 0 bridgehead atoms. The minimum absolute atomic E-state index is 0.0756. The van der Waals surface area contributed by atoms with Gasteiger partial charge in [-0.25, -0.2) is 14.6 Å². The van der Waals surface area contributed by atoms with Crippen LogP contribution in [0, 0.1) is 6.92 Å². The average molecular weight is 320 g/mol. The van der Waals surface area contributed by atoms with Crippen LogP contribution in [-0.2, 0) is 17.8 Å². The minimum atomic E-state index is -1.03. The average Bonchev–Trinajstić information content (AvgIpc) is 2.87. The molecule has 1 amide bonds. The summed E-state index contributed by atoms with van der Waals surface area (Å²) in [6.45, 7) is 2.28. The van der Waals surface area contributed by atoms with Gasteiger partial charge in [-0.15, -0.1) is 11.3 Å². The van der Waals surface area contributed by atoms with Crippen LogP contribution in [0.15, 0.2) is 30.3 Å². The van der Waals surface area contributed by atoms with Gasteiger partial charge in [-0.1, -0.05) is 30.3 Å². The second-order valence-electron chi connectivity index (χ2n) is 4.56. The molecule has 116 valence electrons. The monoisotopic (exact) mass is 320 g/mol. The van der Waals surface area contributed by atoms with E-state index in [-0.39, 0.29) is 12.3 Å². The second-order valence-corrected chi connectivity index (χ2v) is 5.84. The van der Waals surface area contributed by atoms with Crippen molar-refractivity contribution in [1.82, 2.24) is 10.3 Å². The van der Waals surface area contributed by atoms with Crippen LogP contribution in [0.1, 0.15) is 25.9 Å². The summed E-state index contributed by atoms with van der Waals surface area (Å²) < 4.78 is 5.07. The summed E-state index contributed by atoms with van der Waals surface area (Å²) in [4.78, 5) is 27.1. The summed E-state index contributed by atoms with van der Waals surface area (Å²) in [6, 6.07) is 9.39. The Morgan fingerprint density at radius 3 is 2.68 bits per heavy atom. The molecule has 6 nitrogen and oxygen atoms in total. The molecule has 0 atom stereocenters. The zero-order valence-electron chi connectivity index (χ0n) is 12.0. The van der Waals surface area contributed by atoms with Crippen molar-refractivity contribution in [3.8, 4) is 0 Å². The van der Waals surface area contributed by atoms with Crippen LogP contribution in [-0.4, -0.2) is 28.7 Å². The summed E-state index contributed by atoms with van der Waals surface area (Å²) in [5.41, 5.74) is 0.992. The predicted molar refractivity (Wildman–Crippen MR) is 82.1 cm³/mol. The number of thiazole rings is 1. The van der Waals surface area contributed by atoms with Crippen LogP contribution >= 0.6 is 11.3 Å². The quantitative estimate of drug-likeness (QED) is 0.854. The fourth-order valence-electron chi connectivity index (χ4n) is 1.80. The van der Waals surface area contributed by atoms with Gasteiger partial charge in [0.05, 0.1) is 5.01 Å². The molecule has 0 radical (unpaired) electrons. The van der Waals surface area contributed by atoms with E-state index in [1.54, 1.807) is 6.92 Å². The number of aromatic nitrogens is 1. The van der Waals surface area contributed by atoms with Gasteiger partial charge in [-0.05, 0) is 12.5 Å². The Balaban J connectivity index is 1.73. The molecule has 0 saturated heterocycles. The number of carboxylic acid groups (broad SMARTS) is 1. The van der Waals surface area contributed by atoms with Crippen molar-refractivity contribution < 1.29 is 19.4 Å². The summed E-state index contributed by atoms with van der Waals surface area (Å²) >= 11 is 1.32. The molecular weight excluding hydrogens is 304 g/mol. The molecule has 1 aromatic carbocycles. The van der Waals surface area contributed by atoms with Crippen molar-refractivity contribution in [3.63, 3.8) is 0 Å². The van der Waals surface area contributed by atoms with E-state index in [1.165, 1.54) is 11.3 Å². The molecule has 1 aromatic heterocycles. The van der Waals surface area contributed by atoms with E-state index in [2.05, 4.69) is 10.3 Å². The van der Waals surface area contributed by atoms with Crippen LogP contribution < -0.4 is 5.32 Å². The van der Waals surface area contributed by atoms with E-state index in [0.29, 0.717) is 22.9 Å². The van der Waals surface area contributed by atoms with Crippen molar-refractivity contribution >= 4 is 23.4 Å². The molecule has 7 heteroatoms. The Kier molecular flexibility index (Phi) is 5.48. The molecule has 0 unspecified atom stereocenters. The lowest BCUT2D eigenvalue weighted by Crippen LogP contribution is -2.26. The highest BCUT2D eigenvalue weighted by Gasteiger charge is 2.13. The number of amides is 1. The maximum Gasteiger partial charge on any atom is 0.407 e. The number of carbonyl (C=O) groups is 2. The number of hydrogen-bond acceptors (Lipinski definition) is 5. The third-order valence-electron chi connectivity index (χ3n) is 2.86. The zero-order valence-corrected chi connectivity index (χ0v) is 12.9. The number of aromatic carboxylic acids is 1. The van der Waals surface area contributed by atoms with Gasteiger partial charge in [0.2, 0.25) is 0 Å². The third-order valence-corrected chi connectivity index (χ3v) is 3.89. The van der Waals surface area contributed by atoms with E-state index < -0.39 is 12.1 Å². The molecule has 0 aliphatic rings. The molecule has 22 heavy (non-hydrogen) atoms. The van der Waals surface area contributed by atoms with Crippen LogP contribution in [0.4, 0.5) is 4.79 Å². The zero-order chi connectivity index (χ0) is 15.9. The fourth-order valence-corrected chi connectivity index (χ4v) is 2.73. The number of aryl methyl sites for hydroxylation is 1. The van der Waals surface area contributed by atoms with E-state index in [1.807, 2.05) is 30.3 Å². The first-order valence-corrected chi connectivity index (χ1v) is 7.52. The van der Waals surface area contributed by atoms with Gasteiger partial charge < -0.3 is 15.2 Å².